The van der Waals surface area contributed by atoms with E-state index in [1.807, 2.05) is 72.8 Å². The van der Waals surface area contributed by atoms with Gasteiger partial charge in [0, 0.05) is 34.2 Å². The number of hydrogen-bond donors (Lipinski definition) is 2. The first kappa shape index (κ1) is 29.2. The normalized spacial score (nSPS) is 15.3. The highest BCUT2D eigenvalue weighted by molar-refractivity contribution is 8.00. The zero-order chi connectivity index (χ0) is 30.6. The average molecular weight is 612 g/mol. The summed E-state index contributed by atoms with van der Waals surface area (Å²) in [7, 11) is 1.62. The topological polar surface area (TPSA) is 123 Å². The maximum atomic E-state index is 13.2. The van der Waals surface area contributed by atoms with Crippen molar-refractivity contribution in [2.24, 2.45) is 0 Å². The number of para-hydroxylation sites is 1. The molecule has 2 amide bonds. The minimum Gasteiger partial charge on any atom is -0.497 e. The lowest BCUT2D eigenvalue weighted by molar-refractivity contribution is -0.121. The first-order valence-corrected chi connectivity index (χ1v) is 15.3. The van der Waals surface area contributed by atoms with E-state index in [0.717, 1.165) is 32.7 Å². The fourth-order valence-corrected chi connectivity index (χ4v) is 5.92. The van der Waals surface area contributed by atoms with E-state index in [-0.39, 0.29) is 19.1 Å². The Kier molecular flexibility index (Phi) is 8.51. The molecule has 3 heterocycles. The van der Waals surface area contributed by atoms with Crippen LogP contribution >= 0.6 is 11.8 Å². The molecule has 1 aliphatic heterocycles. The fraction of sp³-hybridized carbons (Fsp3) is 0.281. The third kappa shape index (κ3) is 6.25. The number of aromatic nitrogens is 4. The second kappa shape index (κ2) is 12.8. The Hall–Kier alpha value is -4.84. The number of anilines is 1. The molecule has 0 aliphatic carbocycles. The number of ether oxygens (including phenoxy) is 2. The van der Waals surface area contributed by atoms with Gasteiger partial charge in [0.25, 0.3) is 0 Å². The van der Waals surface area contributed by atoms with Crippen LogP contribution in [0.3, 0.4) is 0 Å². The largest absolute Gasteiger partial charge is 0.497 e. The molecule has 2 aromatic heterocycles. The third-order valence-electron chi connectivity index (χ3n) is 7.14. The van der Waals surface area contributed by atoms with Crippen molar-refractivity contribution >= 4 is 46.3 Å². The van der Waals surface area contributed by atoms with Gasteiger partial charge < -0.3 is 25.0 Å². The van der Waals surface area contributed by atoms with Crippen molar-refractivity contribution in [2.45, 2.75) is 36.6 Å². The number of nitrogens with one attached hydrogen (secondary N) is 2. The minimum atomic E-state index is -0.812. The molecule has 44 heavy (non-hydrogen) atoms. The van der Waals surface area contributed by atoms with Crippen molar-refractivity contribution in [2.75, 3.05) is 32.1 Å². The predicted molar refractivity (Wildman–Crippen MR) is 170 cm³/mol. The van der Waals surface area contributed by atoms with Crippen molar-refractivity contribution in [3.05, 3.63) is 78.4 Å². The maximum Gasteiger partial charge on any atom is 0.410 e. The lowest BCUT2D eigenvalue weighted by Gasteiger charge is -2.23. The summed E-state index contributed by atoms with van der Waals surface area (Å²) in [5.41, 5.74) is 3.04. The molecule has 3 aromatic carbocycles. The highest BCUT2D eigenvalue weighted by Gasteiger charge is 2.30. The molecule has 0 bridgehead atoms. The summed E-state index contributed by atoms with van der Waals surface area (Å²) in [6, 6.07) is 22.2. The lowest BCUT2D eigenvalue weighted by Crippen LogP contribution is -2.44. The summed E-state index contributed by atoms with van der Waals surface area (Å²) in [5.74, 6) is 1.33. The lowest BCUT2D eigenvalue weighted by atomic mass is 10.2. The van der Waals surface area contributed by atoms with Gasteiger partial charge in [0.15, 0.2) is 11.5 Å². The summed E-state index contributed by atoms with van der Waals surface area (Å²) < 4.78 is 12.5. The van der Waals surface area contributed by atoms with E-state index in [1.165, 1.54) is 4.90 Å². The summed E-state index contributed by atoms with van der Waals surface area (Å²) in [6.45, 7) is 5.11. The number of methoxy groups -OCH3 is 1. The first-order valence-electron chi connectivity index (χ1n) is 14.4. The molecule has 0 unspecified atom stereocenters. The molecule has 1 atom stereocenters. The summed E-state index contributed by atoms with van der Waals surface area (Å²) in [6.07, 6.45) is -0.494. The second-order valence-electron chi connectivity index (χ2n) is 10.6. The van der Waals surface area contributed by atoms with E-state index in [9.17, 15) is 9.59 Å². The van der Waals surface area contributed by atoms with Crippen molar-refractivity contribution in [3.8, 4) is 17.1 Å². The molecule has 0 spiro atoms. The molecule has 0 saturated carbocycles. The van der Waals surface area contributed by atoms with Crippen LogP contribution in [-0.2, 0) is 16.1 Å². The van der Waals surface area contributed by atoms with Crippen LogP contribution < -0.4 is 15.4 Å². The highest BCUT2D eigenvalue weighted by Crippen LogP contribution is 2.33. The van der Waals surface area contributed by atoms with Gasteiger partial charge in [0.1, 0.15) is 18.4 Å². The average Bonchev–Trinajstić information content (AvgIpc) is 3.41. The van der Waals surface area contributed by atoms with E-state index in [4.69, 9.17) is 24.5 Å². The van der Waals surface area contributed by atoms with E-state index in [2.05, 4.69) is 24.5 Å². The molecule has 11 nitrogen and oxygen atoms in total. The van der Waals surface area contributed by atoms with Crippen LogP contribution in [-0.4, -0.2) is 74.5 Å². The van der Waals surface area contributed by atoms with Gasteiger partial charge in [-0.05, 0) is 42.0 Å². The van der Waals surface area contributed by atoms with Gasteiger partial charge in [-0.15, -0.1) is 16.9 Å². The van der Waals surface area contributed by atoms with Gasteiger partial charge in [-0.2, -0.15) is 4.52 Å². The molecule has 1 fully saturated rings. The molecule has 2 N–H and O–H groups in total. The van der Waals surface area contributed by atoms with Crippen molar-refractivity contribution in [3.63, 3.8) is 0 Å². The summed E-state index contributed by atoms with van der Waals surface area (Å²) >= 11 is 1.70. The molecule has 0 radical (unpaired) electrons. The Balaban J connectivity index is 1.36. The van der Waals surface area contributed by atoms with Crippen molar-refractivity contribution in [1.82, 2.24) is 29.8 Å². The van der Waals surface area contributed by atoms with Gasteiger partial charge in [0.2, 0.25) is 11.9 Å². The molecular formula is C32H33N7O4S. The zero-order valence-electron chi connectivity index (χ0n) is 24.7. The molecular weight excluding hydrogens is 578 g/mol. The quantitative estimate of drug-likeness (QED) is 0.233. The van der Waals surface area contributed by atoms with Gasteiger partial charge in [-0.25, -0.2) is 14.8 Å². The first-order chi connectivity index (χ1) is 21.4. The van der Waals surface area contributed by atoms with E-state index in [1.54, 1.807) is 23.4 Å². The van der Waals surface area contributed by atoms with Crippen LogP contribution in [0.15, 0.2) is 77.7 Å². The molecule has 5 aromatic rings. The Morgan fingerprint density at radius 1 is 1.07 bits per heavy atom. The van der Waals surface area contributed by atoms with Crippen LogP contribution in [0.1, 0.15) is 19.4 Å². The predicted octanol–water partition coefficient (Wildman–Crippen LogP) is 5.00. The second-order valence-corrected chi connectivity index (χ2v) is 12.2. The summed E-state index contributed by atoms with van der Waals surface area (Å²) in [5, 5.41) is 12.2. The third-order valence-corrected chi connectivity index (χ3v) is 8.20. The Morgan fingerprint density at radius 2 is 1.86 bits per heavy atom. The van der Waals surface area contributed by atoms with Crippen LogP contribution in [0, 0.1) is 0 Å². The number of fused-ring (bicyclic) bond motifs is 3. The molecule has 226 valence electrons. The standard InChI is InChI=1S/C32H33N7O4S/c1-20(2)44-26-11-7-10-24-27(26)35-31(39-29(24)36-28(37-39)22-12-14-23(42-3)15-13-22)34-25-18-38(17-16-33-30(25)40)32(41)43-19-21-8-5-4-6-9-21/h4-15,20,25H,16-19H2,1-3H3,(H,33,40)(H,34,35)/t25-/m1/s1. The number of amides is 2. The van der Waals surface area contributed by atoms with Crippen LogP contribution in [0.5, 0.6) is 5.75 Å². The van der Waals surface area contributed by atoms with Crippen LogP contribution in [0.4, 0.5) is 10.7 Å². The number of rotatable bonds is 8. The number of hydrogen-bond acceptors (Lipinski definition) is 9. The van der Waals surface area contributed by atoms with Crippen LogP contribution in [0.2, 0.25) is 0 Å². The van der Waals surface area contributed by atoms with Crippen molar-refractivity contribution in [1.29, 1.82) is 0 Å². The maximum absolute atomic E-state index is 13.2. The molecule has 6 rings (SSSR count). The SMILES string of the molecule is COc1ccc(-c2nc3c4cccc(SC(C)C)c4nc(N[C@@H]4CN(C(=O)OCc5ccccc5)CCNC4=O)n3n2)cc1. The molecule has 12 heteroatoms. The minimum absolute atomic E-state index is 0.0864. The van der Waals surface area contributed by atoms with Crippen molar-refractivity contribution < 1.29 is 19.1 Å². The van der Waals surface area contributed by atoms with E-state index < -0.39 is 12.1 Å². The number of carbonyl (C=O) groups is 2. The van der Waals surface area contributed by atoms with E-state index in [0.29, 0.717) is 35.8 Å². The van der Waals surface area contributed by atoms with Crippen LogP contribution in [0.25, 0.3) is 27.9 Å². The number of carbonyl (C=O) groups excluding carboxylic acids is 2. The van der Waals surface area contributed by atoms with Gasteiger partial charge in [-0.1, -0.05) is 50.2 Å². The van der Waals surface area contributed by atoms with Gasteiger partial charge in [0.05, 0.1) is 19.2 Å². The Bertz CT molecular complexity index is 1790. The Morgan fingerprint density at radius 3 is 2.61 bits per heavy atom. The summed E-state index contributed by atoms with van der Waals surface area (Å²) in [4.78, 5) is 38.7. The zero-order valence-corrected chi connectivity index (χ0v) is 25.5. The smallest absolute Gasteiger partial charge is 0.410 e. The number of benzene rings is 3. The monoisotopic (exact) mass is 611 g/mol. The molecule has 1 aliphatic rings. The fourth-order valence-electron chi connectivity index (χ4n) is 4.99. The highest BCUT2D eigenvalue weighted by atomic mass is 32.2. The van der Waals surface area contributed by atoms with Gasteiger partial charge in [-0.3, -0.25) is 4.79 Å². The Labute approximate surface area is 259 Å². The molecule has 1 saturated heterocycles. The number of thioether (sulfide) groups is 1. The number of nitrogens with zero attached hydrogens (tertiary/aromatic N) is 5. The van der Waals surface area contributed by atoms with E-state index >= 15 is 0 Å². The van der Waals surface area contributed by atoms with Gasteiger partial charge >= 0.3 is 6.09 Å².